The Morgan fingerprint density at radius 1 is 1.21 bits per heavy atom. The monoisotopic (exact) mass is 318 g/mol. The van der Waals surface area contributed by atoms with Crippen LogP contribution in [0.3, 0.4) is 0 Å². The summed E-state index contributed by atoms with van der Waals surface area (Å²) in [7, 11) is 0. The van der Waals surface area contributed by atoms with E-state index in [4.69, 9.17) is 5.73 Å². The van der Waals surface area contributed by atoms with Crippen LogP contribution in [-0.2, 0) is 6.54 Å². The normalized spacial score (nSPS) is 10.2. The smallest absolute Gasteiger partial charge is 0.248 e. The number of hydrogen-bond acceptors (Lipinski definition) is 2. The number of nitrogens with two attached hydrogens (primary N) is 1. The molecule has 0 saturated carbocycles. The predicted molar refractivity (Wildman–Crippen MR) is 81.2 cm³/mol. The number of benzene rings is 2. The third-order valence-electron chi connectivity index (χ3n) is 2.91. The van der Waals surface area contributed by atoms with Gasteiger partial charge in [-0.15, -0.1) is 0 Å². The van der Waals surface area contributed by atoms with Gasteiger partial charge in [-0.3, -0.25) is 4.79 Å². The average molecular weight is 319 g/mol. The van der Waals surface area contributed by atoms with Gasteiger partial charge in [-0.25, -0.2) is 0 Å². The molecule has 0 fully saturated rings. The lowest BCUT2D eigenvalue weighted by atomic mass is 10.1. The Balaban J connectivity index is 2.01. The summed E-state index contributed by atoms with van der Waals surface area (Å²) in [6.07, 6.45) is 0. The molecule has 0 aromatic heterocycles. The minimum absolute atomic E-state index is 0.401. The molecule has 4 heteroatoms. The highest BCUT2D eigenvalue weighted by molar-refractivity contribution is 9.10. The van der Waals surface area contributed by atoms with Crippen molar-refractivity contribution >= 4 is 27.5 Å². The maximum Gasteiger partial charge on any atom is 0.248 e. The Hall–Kier alpha value is -1.81. The van der Waals surface area contributed by atoms with Crippen LogP contribution in [0.4, 0.5) is 5.69 Å². The molecular weight excluding hydrogens is 304 g/mol. The van der Waals surface area contributed by atoms with Gasteiger partial charge in [0.1, 0.15) is 0 Å². The topological polar surface area (TPSA) is 55.1 Å². The predicted octanol–water partition coefficient (Wildman–Crippen LogP) is 3.47. The van der Waals surface area contributed by atoms with Crippen LogP contribution in [0, 0.1) is 6.92 Å². The number of hydrogen-bond donors (Lipinski definition) is 2. The first kappa shape index (κ1) is 13.6. The molecule has 0 aliphatic rings. The fourth-order valence-corrected chi connectivity index (χ4v) is 2.07. The molecule has 1 amide bonds. The van der Waals surface area contributed by atoms with Crippen LogP contribution in [0.5, 0.6) is 0 Å². The van der Waals surface area contributed by atoms with Gasteiger partial charge in [-0.05, 0) is 42.3 Å². The standard InChI is InChI=1S/C15H15BrN2O/c1-10-2-7-13(8-14(10)16)18-9-11-3-5-12(6-4-11)15(17)19/h2-8,18H,9H2,1H3,(H2,17,19). The summed E-state index contributed by atoms with van der Waals surface area (Å²) in [5, 5.41) is 3.33. The molecule has 0 bridgehead atoms. The summed E-state index contributed by atoms with van der Waals surface area (Å²) in [6, 6.07) is 13.4. The van der Waals surface area contributed by atoms with Gasteiger partial charge in [-0.2, -0.15) is 0 Å². The van der Waals surface area contributed by atoms with Gasteiger partial charge in [0.25, 0.3) is 0 Å². The largest absolute Gasteiger partial charge is 0.381 e. The van der Waals surface area contributed by atoms with E-state index in [1.54, 1.807) is 12.1 Å². The van der Waals surface area contributed by atoms with E-state index in [1.807, 2.05) is 24.3 Å². The van der Waals surface area contributed by atoms with Crippen molar-refractivity contribution in [1.29, 1.82) is 0 Å². The Morgan fingerprint density at radius 2 is 1.89 bits per heavy atom. The Labute approximate surface area is 121 Å². The number of amides is 1. The SMILES string of the molecule is Cc1ccc(NCc2ccc(C(N)=O)cc2)cc1Br. The number of rotatable bonds is 4. The fraction of sp³-hybridized carbons (Fsp3) is 0.133. The molecule has 19 heavy (non-hydrogen) atoms. The Kier molecular flexibility index (Phi) is 4.22. The summed E-state index contributed by atoms with van der Waals surface area (Å²) >= 11 is 3.51. The maximum absolute atomic E-state index is 11.0. The van der Waals surface area contributed by atoms with Crippen molar-refractivity contribution in [2.45, 2.75) is 13.5 Å². The minimum Gasteiger partial charge on any atom is -0.381 e. The lowest BCUT2D eigenvalue weighted by Gasteiger charge is -2.08. The fourth-order valence-electron chi connectivity index (χ4n) is 1.69. The van der Waals surface area contributed by atoms with Gasteiger partial charge in [0.2, 0.25) is 5.91 Å². The van der Waals surface area contributed by atoms with Crippen LogP contribution in [0.15, 0.2) is 46.9 Å². The summed E-state index contributed by atoms with van der Waals surface area (Å²) in [5.41, 5.74) is 9.09. The van der Waals surface area contributed by atoms with E-state index >= 15 is 0 Å². The van der Waals surface area contributed by atoms with E-state index in [-0.39, 0.29) is 0 Å². The highest BCUT2D eigenvalue weighted by atomic mass is 79.9. The highest BCUT2D eigenvalue weighted by Crippen LogP contribution is 2.21. The van der Waals surface area contributed by atoms with Crippen LogP contribution in [0.1, 0.15) is 21.5 Å². The van der Waals surface area contributed by atoms with Gasteiger partial charge in [0.05, 0.1) is 0 Å². The highest BCUT2D eigenvalue weighted by Gasteiger charge is 2.01. The lowest BCUT2D eigenvalue weighted by Crippen LogP contribution is -2.10. The molecule has 2 rings (SSSR count). The molecule has 0 aliphatic carbocycles. The molecule has 2 aromatic carbocycles. The zero-order chi connectivity index (χ0) is 13.8. The molecular formula is C15H15BrN2O. The third kappa shape index (κ3) is 3.58. The Bertz CT molecular complexity index is 594. The number of primary amides is 1. The molecule has 0 saturated heterocycles. The molecule has 2 aromatic rings. The van der Waals surface area contributed by atoms with E-state index < -0.39 is 5.91 Å². The molecule has 0 spiro atoms. The zero-order valence-corrected chi connectivity index (χ0v) is 12.2. The second-order valence-corrected chi connectivity index (χ2v) is 5.23. The second kappa shape index (κ2) is 5.89. The van der Waals surface area contributed by atoms with Crippen LogP contribution >= 0.6 is 15.9 Å². The van der Waals surface area contributed by atoms with Gasteiger partial charge >= 0.3 is 0 Å². The molecule has 0 atom stereocenters. The molecule has 0 unspecified atom stereocenters. The summed E-state index contributed by atoms with van der Waals surface area (Å²) < 4.78 is 1.08. The average Bonchev–Trinajstić information content (AvgIpc) is 2.40. The van der Waals surface area contributed by atoms with Crippen LogP contribution in [0.25, 0.3) is 0 Å². The Morgan fingerprint density at radius 3 is 2.47 bits per heavy atom. The van der Waals surface area contributed by atoms with Gasteiger partial charge in [-0.1, -0.05) is 34.1 Å². The van der Waals surface area contributed by atoms with Crippen molar-refractivity contribution in [3.8, 4) is 0 Å². The summed E-state index contributed by atoms with van der Waals surface area (Å²) in [6.45, 7) is 2.75. The zero-order valence-electron chi connectivity index (χ0n) is 10.6. The van der Waals surface area contributed by atoms with Crippen molar-refractivity contribution in [2.24, 2.45) is 5.73 Å². The quantitative estimate of drug-likeness (QED) is 0.906. The van der Waals surface area contributed by atoms with E-state index in [0.717, 1.165) is 15.7 Å². The number of carbonyl (C=O) groups is 1. The number of nitrogens with one attached hydrogen (secondary N) is 1. The van der Waals surface area contributed by atoms with E-state index in [1.165, 1.54) is 5.56 Å². The number of carbonyl (C=O) groups excluding carboxylic acids is 1. The first-order valence-corrected chi connectivity index (χ1v) is 6.74. The summed E-state index contributed by atoms with van der Waals surface area (Å²) in [4.78, 5) is 11.0. The molecule has 98 valence electrons. The second-order valence-electron chi connectivity index (χ2n) is 4.38. The number of halogens is 1. The molecule has 0 heterocycles. The van der Waals surface area contributed by atoms with Crippen LogP contribution < -0.4 is 11.1 Å². The molecule has 0 aliphatic heterocycles. The maximum atomic E-state index is 11.0. The lowest BCUT2D eigenvalue weighted by molar-refractivity contribution is 0.100. The first-order valence-electron chi connectivity index (χ1n) is 5.95. The number of anilines is 1. The van der Waals surface area contributed by atoms with E-state index in [9.17, 15) is 4.79 Å². The van der Waals surface area contributed by atoms with Gasteiger partial charge < -0.3 is 11.1 Å². The van der Waals surface area contributed by atoms with Gasteiger partial charge in [0.15, 0.2) is 0 Å². The molecule has 0 radical (unpaired) electrons. The number of aryl methyl sites for hydroxylation is 1. The van der Waals surface area contributed by atoms with Gasteiger partial charge in [0, 0.05) is 22.3 Å². The van der Waals surface area contributed by atoms with E-state index in [0.29, 0.717) is 12.1 Å². The molecule has 3 N–H and O–H groups in total. The third-order valence-corrected chi connectivity index (χ3v) is 3.76. The van der Waals surface area contributed by atoms with Crippen LogP contribution in [0.2, 0.25) is 0 Å². The van der Waals surface area contributed by atoms with Crippen molar-refractivity contribution in [2.75, 3.05) is 5.32 Å². The van der Waals surface area contributed by atoms with Crippen molar-refractivity contribution in [3.63, 3.8) is 0 Å². The molecule has 3 nitrogen and oxygen atoms in total. The van der Waals surface area contributed by atoms with Crippen LogP contribution in [-0.4, -0.2) is 5.91 Å². The first-order chi connectivity index (χ1) is 9.06. The summed E-state index contributed by atoms with van der Waals surface area (Å²) in [5.74, 6) is -0.401. The van der Waals surface area contributed by atoms with Crippen molar-refractivity contribution in [1.82, 2.24) is 0 Å². The van der Waals surface area contributed by atoms with Crippen molar-refractivity contribution in [3.05, 3.63) is 63.6 Å². The van der Waals surface area contributed by atoms with Crippen molar-refractivity contribution < 1.29 is 4.79 Å². The minimum atomic E-state index is -0.401. The van der Waals surface area contributed by atoms with E-state index in [2.05, 4.69) is 34.2 Å².